The number of benzene rings is 3. The van der Waals surface area contributed by atoms with Crippen molar-refractivity contribution in [3.8, 4) is 0 Å². The van der Waals surface area contributed by atoms with Crippen molar-refractivity contribution in [1.82, 2.24) is 5.32 Å². The highest BCUT2D eigenvalue weighted by atomic mass is 16.3. The molecule has 0 saturated heterocycles. The predicted octanol–water partition coefficient (Wildman–Crippen LogP) is 4.41. The summed E-state index contributed by atoms with van der Waals surface area (Å²) in [5, 5.41) is 10.9. The summed E-state index contributed by atoms with van der Waals surface area (Å²) in [4.78, 5) is 24.9. The topological polar surface area (TPSA) is 83.4 Å². The molecule has 0 fully saturated rings. The van der Waals surface area contributed by atoms with E-state index in [1.807, 2.05) is 48.5 Å². The molecule has 150 valence electrons. The molecule has 0 aliphatic rings. The molecule has 0 unspecified atom stereocenters. The minimum absolute atomic E-state index is 0.0370. The van der Waals surface area contributed by atoms with E-state index in [2.05, 4.69) is 16.0 Å². The van der Waals surface area contributed by atoms with Gasteiger partial charge in [-0.15, -0.1) is 0 Å². The Balaban J connectivity index is 1.36. The second-order valence-corrected chi connectivity index (χ2v) is 6.77. The van der Waals surface area contributed by atoms with Gasteiger partial charge < -0.3 is 20.4 Å². The molecule has 0 saturated carbocycles. The van der Waals surface area contributed by atoms with Crippen LogP contribution in [0.1, 0.15) is 16.1 Å². The van der Waals surface area contributed by atoms with E-state index in [4.69, 9.17) is 4.42 Å². The first-order valence-corrected chi connectivity index (χ1v) is 9.61. The van der Waals surface area contributed by atoms with Crippen molar-refractivity contribution in [1.29, 1.82) is 0 Å². The Kier molecular flexibility index (Phi) is 5.75. The fourth-order valence-electron chi connectivity index (χ4n) is 3.16. The number of anilines is 2. The Labute approximate surface area is 173 Å². The molecule has 3 aromatic carbocycles. The van der Waals surface area contributed by atoms with Crippen LogP contribution >= 0.6 is 0 Å². The van der Waals surface area contributed by atoms with Gasteiger partial charge in [0.25, 0.3) is 5.91 Å². The van der Waals surface area contributed by atoms with Gasteiger partial charge in [-0.25, -0.2) is 0 Å². The quantitative estimate of drug-likeness (QED) is 0.430. The molecule has 1 aromatic heterocycles. The Morgan fingerprint density at radius 3 is 2.47 bits per heavy atom. The second-order valence-electron chi connectivity index (χ2n) is 6.77. The molecule has 0 bridgehead atoms. The summed E-state index contributed by atoms with van der Waals surface area (Å²) >= 11 is 0. The van der Waals surface area contributed by atoms with E-state index >= 15 is 0 Å². The van der Waals surface area contributed by atoms with Gasteiger partial charge in [0, 0.05) is 11.4 Å². The van der Waals surface area contributed by atoms with E-state index in [1.165, 1.54) is 0 Å². The highest BCUT2D eigenvalue weighted by Crippen LogP contribution is 2.19. The largest absolute Gasteiger partial charge is 0.467 e. The van der Waals surface area contributed by atoms with E-state index in [0.29, 0.717) is 23.6 Å². The molecule has 0 radical (unpaired) electrons. The van der Waals surface area contributed by atoms with E-state index in [0.717, 1.165) is 16.5 Å². The molecule has 0 atom stereocenters. The lowest BCUT2D eigenvalue weighted by atomic mass is 10.1. The number of fused-ring (bicyclic) bond motifs is 1. The minimum Gasteiger partial charge on any atom is -0.467 e. The molecule has 4 aromatic rings. The zero-order valence-electron chi connectivity index (χ0n) is 16.2. The summed E-state index contributed by atoms with van der Waals surface area (Å²) in [6.45, 7) is 0.331. The standard InChI is InChI=1S/C24H21N3O3/c28-23(27-19-12-11-17-6-1-2-7-18(17)14-19)16-25-22-10-4-3-9-21(22)24(29)26-15-20-8-5-13-30-20/h1-14,25H,15-16H2,(H,26,29)(H,27,28). The number of carbonyl (C=O) groups excluding carboxylic acids is 2. The molecule has 0 aliphatic heterocycles. The van der Waals surface area contributed by atoms with Crippen molar-refractivity contribution in [2.24, 2.45) is 0 Å². The Morgan fingerprint density at radius 1 is 0.833 bits per heavy atom. The Hall–Kier alpha value is -4.06. The van der Waals surface area contributed by atoms with Crippen molar-refractivity contribution < 1.29 is 14.0 Å². The highest BCUT2D eigenvalue weighted by Gasteiger charge is 2.12. The van der Waals surface area contributed by atoms with E-state index < -0.39 is 0 Å². The lowest BCUT2D eigenvalue weighted by molar-refractivity contribution is -0.114. The molecular weight excluding hydrogens is 378 g/mol. The molecule has 2 amide bonds. The normalized spacial score (nSPS) is 10.5. The average molecular weight is 399 g/mol. The van der Waals surface area contributed by atoms with Crippen LogP contribution in [-0.4, -0.2) is 18.4 Å². The Morgan fingerprint density at radius 2 is 1.63 bits per heavy atom. The van der Waals surface area contributed by atoms with Gasteiger partial charge in [-0.05, 0) is 47.2 Å². The van der Waals surface area contributed by atoms with Crippen molar-refractivity contribution in [3.05, 3.63) is 96.4 Å². The van der Waals surface area contributed by atoms with Crippen LogP contribution in [0.4, 0.5) is 11.4 Å². The summed E-state index contributed by atoms with van der Waals surface area (Å²) in [5.74, 6) is 0.226. The zero-order valence-corrected chi connectivity index (χ0v) is 16.2. The van der Waals surface area contributed by atoms with Crippen LogP contribution < -0.4 is 16.0 Å². The molecule has 0 spiro atoms. The number of hydrogen-bond acceptors (Lipinski definition) is 4. The maximum atomic E-state index is 12.5. The van der Waals surface area contributed by atoms with Gasteiger partial charge in [0.2, 0.25) is 5.91 Å². The van der Waals surface area contributed by atoms with E-state index in [9.17, 15) is 9.59 Å². The maximum Gasteiger partial charge on any atom is 0.253 e. The SMILES string of the molecule is O=C(CNc1ccccc1C(=O)NCc1ccco1)Nc1ccc2ccccc2c1. The van der Waals surface area contributed by atoms with Gasteiger partial charge in [-0.3, -0.25) is 9.59 Å². The summed E-state index contributed by atoms with van der Waals surface area (Å²) in [6, 6.07) is 24.4. The summed E-state index contributed by atoms with van der Waals surface area (Å²) in [7, 11) is 0. The molecule has 3 N–H and O–H groups in total. The molecule has 1 heterocycles. The fraction of sp³-hybridized carbons (Fsp3) is 0.0833. The van der Waals surface area contributed by atoms with Gasteiger partial charge in [0.05, 0.1) is 24.9 Å². The van der Waals surface area contributed by atoms with Crippen LogP contribution in [0.2, 0.25) is 0 Å². The summed E-state index contributed by atoms with van der Waals surface area (Å²) in [6.07, 6.45) is 1.56. The lowest BCUT2D eigenvalue weighted by Crippen LogP contribution is -2.26. The van der Waals surface area contributed by atoms with Crippen molar-refractivity contribution in [3.63, 3.8) is 0 Å². The third-order valence-corrected chi connectivity index (χ3v) is 4.65. The number of furan rings is 1. The van der Waals surface area contributed by atoms with Gasteiger partial charge >= 0.3 is 0 Å². The summed E-state index contributed by atoms with van der Waals surface area (Å²) in [5.41, 5.74) is 1.77. The van der Waals surface area contributed by atoms with Gasteiger partial charge in [-0.1, -0.05) is 42.5 Å². The molecule has 30 heavy (non-hydrogen) atoms. The van der Waals surface area contributed by atoms with Crippen LogP contribution in [0.3, 0.4) is 0 Å². The molecule has 0 aliphatic carbocycles. The van der Waals surface area contributed by atoms with Crippen molar-refractivity contribution >= 4 is 34.0 Å². The lowest BCUT2D eigenvalue weighted by Gasteiger charge is -2.12. The number of carbonyl (C=O) groups is 2. The fourth-order valence-corrected chi connectivity index (χ4v) is 3.16. The molecule has 4 rings (SSSR count). The maximum absolute atomic E-state index is 12.5. The number of rotatable bonds is 7. The van der Waals surface area contributed by atoms with Crippen LogP contribution in [-0.2, 0) is 11.3 Å². The van der Waals surface area contributed by atoms with Crippen molar-refractivity contribution in [2.75, 3.05) is 17.2 Å². The minimum atomic E-state index is -0.246. The smallest absolute Gasteiger partial charge is 0.253 e. The van der Waals surface area contributed by atoms with Crippen molar-refractivity contribution in [2.45, 2.75) is 6.54 Å². The number of nitrogens with one attached hydrogen (secondary N) is 3. The molecule has 6 heteroatoms. The number of para-hydroxylation sites is 1. The second kappa shape index (κ2) is 8.96. The van der Waals surface area contributed by atoms with E-state index in [1.54, 1.807) is 36.6 Å². The van der Waals surface area contributed by atoms with Crippen LogP contribution in [0.25, 0.3) is 10.8 Å². The number of amides is 2. The highest BCUT2D eigenvalue weighted by molar-refractivity contribution is 6.01. The van der Waals surface area contributed by atoms with Crippen LogP contribution in [0.5, 0.6) is 0 Å². The van der Waals surface area contributed by atoms with Crippen LogP contribution in [0, 0.1) is 0 Å². The molecule has 6 nitrogen and oxygen atoms in total. The first-order chi connectivity index (χ1) is 14.7. The first-order valence-electron chi connectivity index (χ1n) is 9.61. The van der Waals surface area contributed by atoms with Gasteiger partial charge in [0.1, 0.15) is 5.76 Å². The first kappa shape index (κ1) is 19.3. The molecular formula is C24H21N3O3. The third-order valence-electron chi connectivity index (χ3n) is 4.65. The average Bonchev–Trinajstić information content (AvgIpc) is 3.30. The van der Waals surface area contributed by atoms with Crippen LogP contribution in [0.15, 0.2) is 89.5 Å². The van der Waals surface area contributed by atoms with E-state index in [-0.39, 0.29) is 18.4 Å². The third kappa shape index (κ3) is 4.67. The predicted molar refractivity (Wildman–Crippen MR) is 117 cm³/mol. The zero-order chi connectivity index (χ0) is 20.8. The summed E-state index contributed by atoms with van der Waals surface area (Å²) < 4.78 is 5.23. The van der Waals surface area contributed by atoms with Gasteiger partial charge in [0.15, 0.2) is 0 Å². The van der Waals surface area contributed by atoms with Gasteiger partial charge in [-0.2, -0.15) is 0 Å². The number of hydrogen-bond donors (Lipinski definition) is 3. The Bertz CT molecular complexity index is 1170. The monoisotopic (exact) mass is 399 g/mol.